The Hall–Kier alpha value is -0.580. The summed E-state index contributed by atoms with van der Waals surface area (Å²) in [5, 5.41) is 3.45. The number of benzene rings is 1. The Balaban J connectivity index is 1.92. The second-order valence-corrected chi connectivity index (χ2v) is 6.70. The smallest absolute Gasteiger partial charge is 0.0510 e. The average molecular weight is 355 g/mol. The number of methoxy groups -OCH3 is 1. The molecule has 118 valence electrons. The van der Waals surface area contributed by atoms with Crippen LogP contribution in [0.2, 0.25) is 0 Å². The summed E-state index contributed by atoms with van der Waals surface area (Å²) in [6, 6.07) is 6.74. The monoisotopic (exact) mass is 354 g/mol. The van der Waals surface area contributed by atoms with Crippen molar-refractivity contribution in [1.29, 1.82) is 0 Å². The molecule has 1 heterocycles. The number of nitrogens with one attached hydrogen (secondary N) is 1. The van der Waals surface area contributed by atoms with E-state index >= 15 is 0 Å². The highest BCUT2D eigenvalue weighted by atomic mass is 79.9. The van der Waals surface area contributed by atoms with E-state index in [1.807, 2.05) is 0 Å². The summed E-state index contributed by atoms with van der Waals surface area (Å²) < 4.78 is 6.49. The zero-order valence-corrected chi connectivity index (χ0v) is 14.8. The van der Waals surface area contributed by atoms with Crippen LogP contribution < -0.4 is 10.2 Å². The standard InChI is InChI=1S/C17H27BrN2O/c1-3-8-19-12-15-4-5-17(16(18)11-15)20-9-6-14(7-10-20)13-21-2/h4-5,11,14,19H,3,6-10,12-13H2,1-2H3. The minimum absolute atomic E-state index is 0.725. The maximum atomic E-state index is 5.27. The Bertz CT molecular complexity index is 431. The van der Waals surface area contributed by atoms with Gasteiger partial charge < -0.3 is 15.0 Å². The van der Waals surface area contributed by atoms with E-state index in [2.05, 4.69) is 51.3 Å². The van der Waals surface area contributed by atoms with Gasteiger partial charge in [-0.1, -0.05) is 13.0 Å². The van der Waals surface area contributed by atoms with E-state index in [0.717, 1.165) is 38.7 Å². The SMILES string of the molecule is CCCNCc1ccc(N2CCC(COC)CC2)c(Br)c1. The lowest BCUT2D eigenvalue weighted by Crippen LogP contribution is -2.35. The summed E-state index contributed by atoms with van der Waals surface area (Å²) in [5.74, 6) is 0.725. The minimum Gasteiger partial charge on any atom is -0.384 e. The van der Waals surface area contributed by atoms with Crippen LogP contribution in [0.5, 0.6) is 0 Å². The Morgan fingerprint density at radius 3 is 2.71 bits per heavy atom. The fourth-order valence-corrected chi connectivity index (χ4v) is 3.58. The molecule has 0 aromatic heterocycles. The van der Waals surface area contributed by atoms with Gasteiger partial charge in [-0.05, 0) is 65.4 Å². The van der Waals surface area contributed by atoms with Crippen LogP contribution in [0.25, 0.3) is 0 Å². The molecule has 1 aliphatic heterocycles. The summed E-state index contributed by atoms with van der Waals surface area (Å²) in [5.41, 5.74) is 2.67. The Kier molecular flexibility index (Phi) is 7.00. The van der Waals surface area contributed by atoms with Crippen LogP contribution >= 0.6 is 15.9 Å². The highest BCUT2D eigenvalue weighted by Gasteiger charge is 2.20. The second kappa shape index (κ2) is 8.76. The Morgan fingerprint density at radius 1 is 1.33 bits per heavy atom. The van der Waals surface area contributed by atoms with Crippen LogP contribution in [0.3, 0.4) is 0 Å². The number of hydrogen-bond acceptors (Lipinski definition) is 3. The van der Waals surface area contributed by atoms with Crippen LogP contribution in [-0.2, 0) is 11.3 Å². The number of hydrogen-bond donors (Lipinski definition) is 1. The molecule has 0 amide bonds. The lowest BCUT2D eigenvalue weighted by molar-refractivity contribution is 0.139. The summed E-state index contributed by atoms with van der Waals surface area (Å²) in [6.45, 7) is 7.37. The Labute approximate surface area is 137 Å². The number of piperidine rings is 1. The molecule has 3 nitrogen and oxygen atoms in total. The largest absolute Gasteiger partial charge is 0.384 e. The third-order valence-electron chi connectivity index (χ3n) is 4.13. The number of rotatable bonds is 7. The van der Waals surface area contributed by atoms with Gasteiger partial charge in [-0.2, -0.15) is 0 Å². The maximum absolute atomic E-state index is 5.27. The lowest BCUT2D eigenvalue weighted by atomic mass is 9.97. The van der Waals surface area contributed by atoms with Crippen LogP contribution in [0, 0.1) is 5.92 Å². The molecule has 1 fully saturated rings. The molecule has 0 aliphatic carbocycles. The van der Waals surface area contributed by atoms with Gasteiger partial charge in [-0.3, -0.25) is 0 Å². The third kappa shape index (κ3) is 4.97. The predicted octanol–water partition coefficient (Wildman–Crippen LogP) is 3.81. The fraction of sp³-hybridized carbons (Fsp3) is 0.647. The molecule has 1 aromatic rings. The molecular weight excluding hydrogens is 328 g/mol. The maximum Gasteiger partial charge on any atom is 0.0510 e. The molecule has 4 heteroatoms. The quantitative estimate of drug-likeness (QED) is 0.753. The summed E-state index contributed by atoms with van der Waals surface area (Å²) in [7, 11) is 1.80. The highest BCUT2D eigenvalue weighted by Crippen LogP contribution is 2.30. The number of anilines is 1. The van der Waals surface area contributed by atoms with Crippen LogP contribution in [0.4, 0.5) is 5.69 Å². The van der Waals surface area contributed by atoms with Crippen molar-refractivity contribution < 1.29 is 4.74 Å². The highest BCUT2D eigenvalue weighted by molar-refractivity contribution is 9.10. The van der Waals surface area contributed by atoms with Crippen LogP contribution in [0.15, 0.2) is 22.7 Å². The van der Waals surface area contributed by atoms with Gasteiger partial charge >= 0.3 is 0 Å². The summed E-state index contributed by atoms with van der Waals surface area (Å²) >= 11 is 3.74. The van der Waals surface area contributed by atoms with E-state index in [9.17, 15) is 0 Å². The molecular formula is C17H27BrN2O. The average Bonchev–Trinajstić information content (AvgIpc) is 2.49. The second-order valence-electron chi connectivity index (χ2n) is 5.85. The van der Waals surface area contributed by atoms with E-state index in [-0.39, 0.29) is 0 Å². The first-order valence-corrected chi connectivity index (χ1v) is 8.77. The van der Waals surface area contributed by atoms with Gasteiger partial charge in [0, 0.05) is 37.8 Å². The lowest BCUT2D eigenvalue weighted by Gasteiger charge is -2.34. The minimum atomic E-state index is 0.725. The molecule has 1 aromatic carbocycles. The van der Waals surface area contributed by atoms with Crippen LogP contribution in [-0.4, -0.2) is 33.4 Å². The van der Waals surface area contributed by atoms with E-state index in [1.165, 1.54) is 35.0 Å². The van der Waals surface area contributed by atoms with Gasteiger partial charge in [-0.15, -0.1) is 0 Å². The molecule has 2 rings (SSSR count). The van der Waals surface area contributed by atoms with E-state index < -0.39 is 0 Å². The normalized spacial score (nSPS) is 16.4. The van der Waals surface area contributed by atoms with Crippen molar-refractivity contribution in [2.24, 2.45) is 5.92 Å². The molecule has 0 saturated carbocycles. The van der Waals surface area contributed by atoms with Crippen molar-refractivity contribution in [1.82, 2.24) is 5.32 Å². The molecule has 0 radical (unpaired) electrons. The van der Waals surface area contributed by atoms with Crippen LogP contribution in [0.1, 0.15) is 31.7 Å². The van der Waals surface area contributed by atoms with Crippen molar-refractivity contribution in [2.45, 2.75) is 32.7 Å². The van der Waals surface area contributed by atoms with Gasteiger partial charge in [0.25, 0.3) is 0 Å². The van der Waals surface area contributed by atoms with Crippen molar-refractivity contribution in [3.63, 3.8) is 0 Å². The van der Waals surface area contributed by atoms with Gasteiger partial charge in [0.05, 0.1) is 5.69 Å². The third-order valence-corrected chi connectivity index (χ3v) is 4.76. The van der Waals surface area contributed by atoms with Crippen molar-refractivity contribution in [3.05, 3.63) is 28.2 Å². The van der Waals surface area contributed by atoms with Crippen molar-refractivity contribution in [3.8, 4) is 0 Å². The summed E-state index contributed by atoms with van der Waals surface area (Å²) in [4.78, 5) is 2.49. The topological polar surface area (TPSA) is 24.5 Å². The van der Waals surface area contributed by atoms with E-state index in [1.54, 1.807) is 7.11 Å². The molecule has 1 saturated heterocycles. The fourth-order valence-electron chi connectivity index (χ4n) is 2.90. The van der Waals surface area contributed by atoms with E-state index in [4.69, 9.17) is 4.74 Å². The zero-order chi connectivity index (χ0) is 15.1. The van der Waals surface area contributed by atoms with Gasteiger partial charge in [0.1, 0.15) is 0 Å². The zero-order valence-electron chi connectivity index (χ0n) is 13.2. The first-order valence-electron chi connectivity index (χ1n) is 7.97. The van der Waals surface area contributed by atoms with Gasteiger partial charge in [-0.25, -0.2) is 0 Å². The predicted molar refractivity (Wildman–Crippen MR) is 93.0 cm³/mol. The van der Waals surface area contributed by atoms with E-state index in [0.29, 0.717) is 0 Å². The molecule has 0 atom stereocenters. The van der Waals surface area contributed by atoms with Crippen molar-refractivity contribution >= 4 is 21.6 Å². The van der Waals surface area contributed by atoms with Gasteiger partial charge in [0.15, 0.2) is 0 Å². The van der Waals surface area contributed by atoms with Crippen molar-refractivity contribution in [2.75, 3.05) is 38.3 Å². The number of nitrogens with zero attached hydrogens (tertiary/aromatic N) is 1. The Morgan fingerprint density at radius 2 is 2.10 bits per heavy atom. The summed E-state index contributed by atoms with van der Waals surface area (Å²) in [6.07, 6.45) is 3.62. The molecule has 1 aliphatic rings. The molecule has 0 spiro atoms. The number of halogens is 1. The molecule has 0 unspecified atom stereocenters. The molecule has 0 bridgehead atoms. The first-order chi connectivity index (χ1) is 10.2. The first kappa shape index (κ1) is 16.8. The number of ether oxygens (including phenoxy) is 1. The van der Waals surface area contributed by atoms with Gasteiger partial charge in [0.2, 0.25) is 0 Å². The molecule has 21 heavy (non-hydrogen) atoms. The molecule has 1 N–H and O–H groups in total.